The van der Waals surface area contributed by atoms with Crippen molar-refractivity contribution in [3.8, 4) is 0 Å². The minimum absolute atomic E-state index is 0.159. The number of hydrogen-bond donors (Lipinski definition) is 1. The fraction of sp³-hybridized carbons (Fsp3) is 0.444. The normalized spacial score (nSPS) is 18.5. The first-order chi connectivity index (χ1) is 12.4. The van der Waals surface area contributed by atoms with Crippen LogP contribution in [-0.4, -0.2) is 53.6 Å². The molecule has 0 atom stereocenters. The number of carboxylic acids is 1. The lowest BCUT2D eigenvalue weighted by atomic mass is 10.1. The molecule has 0 spiro atoms. The van der Waals surface area contributed by atoms with Crippen molar-refractivity contribution in [2.75, 3.05) is 38.1 Å². The predicted molar refractivity (Wildman–Crippen MR) is 97.3 cm³/mol. The van der Waals surface area contributed by atoms with E-state index in [0.29, 0.717) is 29.9 Å². The Kier molecular flexibility index (Phi) is 4.16. The third-order valence-electron chi connectivity index (χ3n) is 5.21. The monoisotopic (exact) mass is 379 g/mol. The van der Waals surface area contributed by atoms with Crippen LogP contribution in [0.25, 0.3) is 5.52 Å². The number of carboxylic acid groups (broad SMARTS) is 1. The maximum Gasteiger partial charge on any atom is 0.341 e. The van der Waals surface area contributed by atoms with Gasteiger partial charge in [-0.05, 0) is 37.4 Å². The van der Waals surface area contributed by atoms with Gasteiger partial charge < -0.3 is 14.9 Å². The summed E-state index contributed by atoms with van der Waals surface area (Å²) in [6.45, 7) is 2.86. The maximum absolute atomic E-state index is 14.9. The number of piperazine rings is 1. The van der Waals surface area contributed by atoms with E-state index < -0.39 is 17.3 Å². The van der Waals surface area contributed by atoms with Crippen molar-refractivity contribution in [1.29, 1.82) is 0 Å². The summed E-state index contributed by atoms with van der Waals surface area (Å²) >= 11 is 6.60. The van der Waals surface area contributed by atoms with Gasteiger partial charge in [-0.2, -0.15) is 0 Å². The molecular weight excluding hydrogens is 361 g/mol. The topological polar surface area (TPSA) is 65.3 Å². The average Bonchev–Trinajstić information content (AvgIpc) is 3.42. The molecule has 2 aromatic heterocycles. The molecule has 138 valence electrons. The molecule has 6 nitrogen and oxygen atoms in total. The lowest BCUT2D eigenvalue weighted by Gasteiger charge is -2.35. The Morgan fingerprint density at radius 3 is 2.50 bits per heavy atom. The van der Waals surface area contributed by atoms with E-state index in [1.165, 1.54) is 6.07 Å². The quantitative estimate of drug-likeness (QED) is 0.887. The largest absolute Gasteiger partial charge is 0.477 e. The second-order valence-electron chi connectivity index (χ2n) is 7.05. The third-order valence-corrected chi connectivity index (χ3v) is 5.57. The molecule has 2 aliphatic rings. The lowest BCUT2D eigenvalue weighted by molar-refractivity contribution is 0.0694. The number of nitrogens with zero attached hydrogens (tertiary/aromatic N) is 3. The summed E-state index contributed by atoms with van der Waals surface area (Å²) in [5.74, 6) is -1.77. The minimum atomic E-state index is -1.31. The summed E-state index contributed by atoms with van der Waals surface area (Å²) in [6.07, 6.45) is 2.89. The van der Waals surface area contributed by atoms with Gasteiger partial charge in [0.05, 0.1) is 22.4 Å². The SMILES string of the molecule is CN1CCN(c2c(F)cn3c(=O)c(C(=O)O)cc(C4CC4)c3c2Cl)CC1. The third kappa shape index (κ3) is 2.75. The van der Waals surface area contributed by atoms with E-state index in [-0.39, 0.29) is 16.5 Å². The minimum Gasteiger partial charge on any atom is -0.477 e. The summed E-state index contributed by atoms with van der Waals surface area (Å²) in [5.41, 5.74) is 0.320. The Morgan fingerprint density at radius 2 is 1.92 bits per heavy atom. The molecule has 8 heteroatoms. The Morgan fingerprint density at radius 1 is 1.27 bits per heavy atom. The second-order valence-corrected chi connectivity index (χ2v) is 7.42. The summed E-state index contributed by atoms with van der Waals surface area (Å²) in [7, 11) is 2.01. The van der Waals surface area contributed by atoms with E-state index in [9.17, 15) is 19.1 Å². The highest BCUT2D eigenvalue weighted by atomic mass is 35.5. The number of halogens is 2. The van der Waals surface area contributed by atoms with Crippen molar-refractivity contribution >= 4 is 28.8 Å². The fourth-order valence-corrected chi connectivity index (χ4v) is 3.99. The Bertz CT molecular complexity index is 963. The highest BCUT2D eigenvalue weighted by Gasteiger charge is 2.31. The first-order valence-electron chi connectivity index (χ1n) is 8.62. The van der Waals surface area contributed by atoms with Gasteiger partial charge in [0.25, 0.3) is 5.56 Å². The number of likely N-dealkylation sites (N-methyl/N-ethyl adjacent to an activating group) is 1. The highest BCUT2D eigenvalue weighted by Crippen LogP contribution is 2.45. The number of aromatic carboxylic acids is 1. The van der Waals surface area contributed by atoms with Crippen LogP contribution in [0.15, 0.2) is 17.1 Å². The summed E-state index contributed by atoms with van der Waals surface area (Å²) in [6, 6.07) is 1.41. The molecule has 0 bridgehead atoms. The maximum atomic E-state index is 14.9. The zero-order valence-corrected chi connectivity index (χ0v) is 15.1. The molecule has 0 radical (unpaired) electrons. The van der Waals surface area contributed by atoms with E-state index in [2.05, 4.69) is 4.90 Å². The molecule has 0 aromatic carbocycles. The van der Waals surface area contributed by atoms with Crippen molar-refractivity contribution < 1.29 is 14.3 Å². The zero-order valence-electron chi connectivity index (χ0n) is 14.3. The van der Waals surface area contributed by atoms with Crippen LogP contribution < -0.4 is 10.5 Å². The van der Waals surface area contributed by atoms with Gasteiger partial charge in [0, 0.05) is 26.2 Å². The lowest BCUT2D eigenvalue weighted by Crippen LogP contribution is -2.45. The molecular formula is C18H19ClFN3O3. The van der Waals surface area contributed by atoms with Crippen LogP contribution in [0.4, 0.5) is 10.1 Å². The number of aromatic nitrogens is 1. The molecule has 1 aliphatic heterocycles. The van der Waals surface area contributed by atoms with Crippen molar-refractivity contribution in [3.05, 3.63) is 44.6 Å². The van der Waals surface area contributed by atoms with Gasteiger partial charge in [0.2, 0.25) is 0 Å². The summed E-state index contributed by atoms with van der Waals surface area (Å²) in [5, 5.41) is 9.51. The number of rotatable bonds is 3. The fourth-order valence-electron chi connectivity index (χ4n) is 3.58. The van der Waals surface area contributed by atoms with Crippen LogP contribution >= 0.6 is 11.6 Å². The van der Waals surface area contributed by atoms with E-state index in [1.807, 2.05) is 11.9 Å². The van der Waals surface area contributed by atoms with Crippen LogP contribution in [0, 0.1) is 5.82 Å². The van der Waals surface area contributed by atoms with Crippen LogP contribution in [0.1, 0.15) is 34.7 Å². The Labute approximate surface area is 154 Å². The number of anilines is 1. The smallest absolute Gasteiger partial charge is 0.341 e. The standard InChI is InChI=1S/C18H19ClFN3O3/c1-21-4-6-22(7-5-21)16-13(20)9-23-15(14(16)19)11(10-2-3-10)8-12(17(23)24)18(25)26/h8-10H,2-7H2,1H3,(H,25,26). The van der Waals surface area contributed by atoms with Gasteiger partial charge in [-0.25, -0.2) is 9.18 Å². The van der Waals surface area contributed by atoms with Gasteiger partial charge in [-0.15, -0.1) is 0 Å². The first kappa shape index (κ1) is 17.3. The van der Waals surface area contributed by atoms with Crippen molar-refractivity contribution in [3.63, 3.8) is 0 Å². The molecule has 2 aromatic rings. The summed E-state index contributed by atoms with van der Waals surface area (Å²) in [4.78, 5) is 28.0. The highest BCUT2D eigenvalue weighted by molar-refractivity contribution is 6.36. The van der Waals surface area contributed by atoms with E-state index in [4.69, 9.17) is 11.6 Å². The molecule has 4 rings (SSSR count). The molecule has 1 saturated heterocycles. The molecule has 2 fully saturated rings. The molecule has 1 saturated carbocycles. The molecule has 0 unspecified atom stereocenters. The van der Waals surface area contributed by atoms with Gasteiger partial charge in [0.15, 0.2) is 5.82 Å². The van der Waals surface area contributed by atoms with E-state index in [0.717, 1.165) is 36.5 Å². The number of fused-ring (bicyclic) bond motifs is 1. The zero-order chi connectivity index (χ0) is 18.6. The molecule has 26 heavy (non-hydrogen) atoms. The Balaban J connectivity index is 1.97. The number of pyridine rings is 2. The van der Waals surface area contributed by atoms with E-state index in [1.54, 1.807) is 0 Å². The van der Waals surface area contributed by atoms with Crippen molar-refractivity contribution in [1.82, 2.24) is 9.30 Å². The molecule has 3 heterocycles. The summed E-state index contributed by atoms with van der Waals surface area (Å²) < 4.78 is 15.9. The molecule has 0 amide bonds. The van der Waals surface area contributed by atoms with Crippen LogP contribution in [-0.2, 0) is 0 Å². The van der Waals surface area contributed by atoms with Crippen LogP contribution in [0.2, 0.25) is 5.02 Å². The van der Waals surface area contributed by atoms with Gasteiger partial charge >= 0.3 is 5.97 Å². The van der Waals surface area contributed by atoms with Crippen LogP contribution in [0.5, 0.6) is 0 Å². The molecule has 1 N–H and O–H groups in total. The van der Waals surface area contributed by atoms with Crippen molar-refractivity contribution in [2.45, 2.75) is 18.8 Å². The van der Waals surface area contributed by atoms with Gasteiger partial charge in [0.1, 0.15) is 5.56 Å². The van der Waals surface area contributed by atoms with Gasteiger partial charge in [-0.1, -0.05) is 11.6 Å². The van der Waals surface area contributed by atoms with Gasteiger partial charge in [-0.3, -0.25) is 9.20 Å². The molecule has 1 aliphatic carbocycles. The Hall–Kier alpha value is -2.12. The van der Waals surface area contributed by atoms with Crippen LogP contribution in [0.3, 0.4) is 0 Å². The number of hydrogen-bond acceptors (Lipinski definition) is 4. The van der Waals surface area contributed by atoms with Crippen molar-refractivity contribution in [2.24, 2.45) is 0 Å². The predicted octanol–water partition coefficient (Wildman–Crippen LogP) is 2.42. The average molecular weight is 380 g/mol. The second kappa shape index (κ2) is 6.25. The van der Waals surface area contributed by atoms with E-state index >= 15 is 0 Å². The number of carbonyl (C=O) groups is 1. The first-order valence-corrected chi connectivity index (χ1v) is 9.00.